The van der Waals surface area contributed by atoms with Crippen molar-refractivity contribution in [2.75, 3.05) is 0 Å². The van der Waals surface area contributed by atoms with Crippen LogP contribution < -0.4 is 0 Å². The molecule has 1 aromatic heterocycles. The zero-order valence-corrected chi connectivity index (χ0v) is 9.60. The molecule has 0 aliphatic carbocycles. The van der Waals surface area contributed by atoms with Crippen LogP contribution in [0.2, 0.25) is 0 Å². The molecule has 2 aromatic rings. The lowest BCUT2D eigenvalue weighted by Gasteiger charge is -2.14. The third-order valence-corrected chi connectivity index (χ3v) is 3.83. The first kappa shape index (κ1) is 9.66. The number of hydrogen-bond acceptors (Lipinski definition) is 3. The van der Waals surface area contributed by atoms with Crippen molar-refractivity contribution >= 4 is 17.5 Å². The smallest absolute Gasteiger partial charge is 0.177 e. The molecule has 1 N–H and O–H groups in total. The van der Waals surface area contributed by atoms with Crippen LogP contribution >= 0.6 is 11.8 Å². The van der Waals surface area contributed by atoms with Crippen LogP contribution in [0.15, 0.2) is 29.2 Å². The van der Waals surface area contributed by atoms with Crippen LogP contribution in [0.1, 0.15) is 23.0 Å². The highest BCUT2D eigenvalue weighted by atomic mass is 32.2. The van der Waals surface area contributed by atoms with Crippen molar-refractivity contribution in [3.8, 4) is 11.3 Å². The number of nitrogens with one attached hydrogen (secondary N) is 1. The zero-order chi connectivity index (χ0) is 11.1. The van der Waals surface area contributed by atoms with Crippen molar-refractivity contribution in [3.63, 3.8) is 0 Å². The van der Waals surface area contributed by atoms with Crippen LogP contribution in [0, 0.1) is 0 Å². The Bertz CT molecular complexity index is 574. The first-order valence-corrected chi connectivity index (χ1v) is 6.06. The minimum absolute atomic E-state index is 0.0498. The molecule has 1 aliphatic rings. The molecule has 3 nitrogen and oxygen atoms in total. The number of carbonyl (C=O) groups is 1. The lowest BCUT2D eigenvalue weighted by Crippen LogP contribution is -2.00. The van der Waals surface area contributed by atoms with Crippen LogP contribution in [0.25, 0.3) is 11.3 Å². The van der Waals surface area contributed by atoms with E-state index in [1.54, 1.807) is 18.7 Å². The van der Waals surface area contributed by atoms with E-state index in [-0.39, 0.29) is 5.78 Å². The molecule has 0 saturated heterocycles. The van der Waals surface area contributed by atoms with Gasteiger partial charge >= 0.3 is 0 Å². The van der Waals surface area contributed by atoms with Crippen LogP contribution in [-0.4, -0.2) is 16.0 Å². The van der Waals surface area contributed by atoms with Crippen molar-refractivity contribution < 1.29 is 4.79 Å². The second-order valence-corrected chi connectivity index (χ2v) is 4.78. The van der Waals surface area contributed by atoms with Gasteiger partial charge in [0.05, 0.1) is 5.69 Å². The number of nitrogens with zero attached hydrogens (tertiary/aromatic N) is 1. The van der Waals surface area contributed by atoms with Crippen molar-refractivity contribution in [1.82, 2.24) is 10.2 Å². The van der Waals surface area contributed by atoms with E-state index in [0.717, 1.165) is 22.6 Å². The van der Waals surface area contributed by atoms with Gasteiger partial charge in [-0.15, -0.1) is 11.8 Å². The van der Waals surface area contributed by atoms with Gasteiger partial charge in [0.15, 0.2) is 5.78 Å². The van der Waals surface area contributed by atoms with Gasteiger partial charge in [-0.1, -0.05) is 18.2 Å². The summed E-state index contributed by atoms with van der Waals surface area (Å²) in [6, 6.07) is 8.15. The lowest BCUT2D eigenvalue weighted by molar-refractivity contribution is 0.101. The maximum atomic E-state index is 11.4. The van der Waals surface area contributed by atoms with Gasteiger partial charge < -0.3 is 0 Å². The molecule has 0 bridgehead atoms. The average molecular weight is 230 g/mol. The highest BCUT2D eigenvalue weighted by Gasteiger charge is 2.23. The fourth-order valence-corrected chi connectivity index (χ4v) is 3.03. The summed E-state index contributed by atoms with van der Waals surface area (Å²) in [6.07, 6.45) is 0. The van der Waals surface area contributed by atoms with Crippen LogP contribution in [0.3, 0.4) is 0 Å². The van der Waals surface area contributed by atoms with Crippen molar-refractivity contribution in [1.29, 1.82) is 0 Å². The summed E-state index contributed by atoms with van der Waals surface area (Å²) in [6.45, 7) is 1.57. The number of fused-ring (bicyclic) bond motifs is 3. The number of carbonyl (C=O) groups excluding carboxylic acids is 1. The Morgan fingerprint density at radius 3 is 3.06 bits per heavy atom. The molecule has 4 heteroatoms. The molecule has 3 rings (SSSR count). The van der Waals surface area contributed by atoms with Gasteiger partial charge in [-0.25, -0.2) is 0 Å². The van der Waals surface area contributed by atoms with Gasteiger partial charge in [0.25, 0.3) is 0 Å². The second-order valence-electron chi connectivity index (χ2n) is 3.77. The molecular weight excluding hydrogens is 220 g/mol. The van der Waals surface area contributed by atoms with Crippen LogP contribution in [0.4, 0.5) is 0 Å². The molecule has 0 spiro atoms. The minimum atomic E-state index is 0.0498. The first-order chi connectivity index (χ1) is 7.77. The summed E-state index contributed by atoms with van der Waals surface area (Å²) < 4.78 is 0. The SMILES string of the molecule is CC(=O)c1[nH]nc2c1CSc1ccccc1-2. The van der Waals surface area contributed by atoms with E-state index in [9.17, 15) is 4.79 Å². The van der Waals surface area contributed by atoms with Crippen LogP contribution in [-0.2, 0) is 5.75 Å². The number of benzene rings is 1. The minimum Gasteiger partial charge on any atom is -0.293 e. The summed E-state index contributed by atoms with van der Waals surface area (Å²) in [5.74, 6) is 0.867. The fraction of sp³-hybridized carbons (Fsp3) is 0.167. The molecule has 1 aromatic carbocycles. The monoisotopic (exact) mass is 230 g/mol. The van der Waals surface area contributed by atoms with E-state index in [0.29, 0.717) is 5.69 Å². The van der Waals surface area contributed by atoms with Crippen molar-refractivity contribution in [2.45, 2.75) is 17.6 Å². The number of hydrogen-bond donors (Lipinski definition) is 1. The number of H-pyrrole nitrogens is 1. The van der Waals surface area contributed by atoms with Gasteiger partial charge in [0.1, 0.15) is 5.69 Å². The Morgan fingerprint density at radius 2 is 2.25 bits per heavy atom. The molecular formula is C12H10N2OS. The van der Waals surface area contributed by atoms with Gasteiger partial charge in [-0.2, -0.15) is 5.10 Å². The average Bonchev–Trinajstić information content (AvgIpc) is 2.73. The summed E-state index contributed by atoms with van der Waals surface area (Å²) in [7, 11) is 0. The Hall–Kier alpha value is -1.55. The van der Waals surface area contributed by atoms with Gasteiger partial charge in [0, 0.05) is 28.7 Å². The number of ketones is 1. The molecule has 0 saturated carbocycles. The second kappa shape index (κ2) is 3.49. The van der Waals surface area contributed by atoms with E-state index in [1.807, 2.05) is 18.2 Å². The van der Waals surface area contributed by atoms with E-state index < -0.39 is 0 Å². The first-order valence-electron chi connectivity index (χ1n) is 5.08. The maximum absolute atomic E-state index is 11.4. The number of aromatic nitrogens is 2. The molecule has 80 valence electrons. The van der Waals surface area contributed by atoms with Crippen molar-refractivity contribution in [3.05, 3.63) is 35.5 Å². The third-order valence-electron chi connectivity index (χ3n) is 2.73. The predicted molar refractivity (Wildman–Crippen MR) is 63.6 cm³/mol. The standard InChI is InChI=1S/C12H10N2OS/c1-7(15)11-9-6-16-10-5-3-2-4-8(10)12(9)14-13-11/h2-5H,6H2,1H3,(H,13,14). The summed E-state index contributed by atoms with van der Waals surface area (Å²) in [5, 5.41) is 7.10. The molecule has 0 unspecified atom stereocenters. The van der Waals surface area contributed by atoms with E-state index in [2.05, 4.69) is 16.3 Å². The molecule has 2 heterocycles. The molecule has 1 aliphatic heterocycles. The Labute approximate surface area is 97.3 Å². The number of rotatable bonds is 1. The Kier molecular flexibility index (Phi) is 2.11. The fourth-order valence-electron chi connectivity index (χ4n) is 1.96. The normalized spacial score (nSPS) is 13.1. The summed E-state index contributed by atoms with van der Waals surface area (Å²) in [4.78, 5) is 12.6. The van der Waals surface area contributed by atoms with Gasteiger partial charge in [0.2, 0.25) is 0 Å². The zero-order valence-electron chi connectivity index (χ0n) is 8.78. The summed E-state index contributed by atoms with van der Waals surface area (Å²) in [5.41, 5.74) is 3.74. The number of thioether (sulfide) groups is 1. The molecule has 0 fully saturated rings. The molecule has 0 amide bonds. The Balaban J connectivity index is 2.23. The lowest BCUT2D eigenvalue weighted by atomic mass is 10.1. The van der Waals surface area contributed by atoms with E-state index >= 15 is 0 Å². The molecule has 0 radical (unpaired) electrons. The van der Waals surface area contributed by atoms with Gasteiger partial charge in [-0.3, -0.25) is 9.89 Å². The van der Waals surface area contributed by atoms with Crippen molar-refractivity contribution in [2.24, 2.45) is 0 Å². The van der Waals surface area contributed by atoms with E-state index in [4.69, 9.17) is 0 Å². The topological polar surface area (TPSA) is 45.8 Å². The summed E-state index contributed by atoms with van der Waals surface area (Å²) >= 11 is 1.76. The molecule has 0 atom stereocenters. The Morgan fingerprint density at radius 1 is 1.44 bits per heavy atom. The predicted octanol–water partition coefficient (Wildman–Crippen LogP) is 2.89. The van der Waals surface area contributed by atoms with Crippen LogP contribution in [0.5, 0.6) is 0 Å². The van der Waals surface area contributed by atoms with E-state index in [1.165, 1.54) is 4.90 Å². The molecule has 16 heavy (non-hydrogen) atoms. The quantitative estimate of drug-likeness (QED) is 0.766. The highest BCUT2D eigenvalue weighted by Crippen LogP contribution is 2.41. The number of Topliss-reactive ketones (excluding diaryl/α,β-unsaturated/α-hetero) is 1. The highest BCUT2D eigenvalue weighted by molar-refractivity contribution is 7.98. The maximum Gasteiger partial charge on any atom is 0.177 e. The third kappa shape index (κ3) is 1.30. The largest absolute Gasteiger partial charge is 0.293 e. The number of aromatic amines is 1. The van der Waals surface area contributed by atoms with Gasteiger partial charge in [-0.05, 0) is 6.07 Å².